The van der Waals surface area contributed by atoms with Crippen molar-refractivity contribution in [3.63, 3.8) is 0 Å². The van der Waals surface area contributed by atoms with Crippen LogP contribution >= 0.6 is 11.3 Å². The highest BCUT2D eigenvalue weighted by atomic mass is 32.1. The third kappa shape index (κ3) is 5.00. The van der Waals surface area contributed by atoms with Gasteiger partial charge in [0.05, 0.1) is 5.41 Å². The van der Waals surface area contributed by atoms with E-state index in [0.29, 0.717) is 17.5 Å². The van der Waals surface area contributed by atoms with Gasteiger partial charge in [0.1, 0.15) is 0 Å². The summed E-state index contributed by atoms with van der Waals surface area (Å²) in [6.07, 6.45) is 0. The molecule has 10 aromatic rings. The zero-order valence-electron chi connectivity index (χ0n) is 30.3. The number of rotatable bonds is 6. The minimum Gasteiger partial charge on any atom is -0.208 e. The molecular weight excluding hydrogens is 699 g/mol. The third-order valence-corrected chi connectivity index (χ3v) is 12.4. The highest BCUT2D eigenvalue weighted by molar-refractivity contribution is 7.26. The number of benzene rings is 8. The number of nitrogens with zero attached hydrogens (tertiary/aromatic N) is 3. The Morgan fingerprint density at radius 3 is 1.54 bits per heavy atom. The Labute approximate surface area is 329 Å². The van der Waals surface area contributed by atoms with E-state index >= 15 is 0 Å². The van der Waals surface area contributed by atoms with Gasteiger partial charge in [-0.1, -0.05) is 182 Å². The van der Waals surface area contributed by atoms with Crippen molar-refractivity contribution >= 4 is 31.5 Å². The van der Waals surface area contributed by atoms with E-state index in [-0.39, 0.29) is 0 Å². The van der Waals surface area contributed by atoms with Crippen molar-refractivity contribution in [1.82, 2.24) is 15.0 Å². The Kier molecular flexibility index (Phi) is 7.58. The molecule has 1 aliphatic rings. The van der Waals surface area contributed by atoms with Gasteiger partial charge in [-0.25, -0.2) is 15.0 Å². The smallest absolute Gasteiger partial charge is 0.165 e. The molecule has 3 nitrogen and oxygen atoms in total. The van der Waals surface area contributed by atoms with Crippen LogP contribution in [0.5, 0.6) is 0 Å². The summed E-state index contributed by atoms with van der Waals surface area (Å²) < 4.78 is 2.43. The lowest BCUT2D eigenvalue weighted by molar-refractivity contribution is 0.769. The maximum Gasteiger partial charge on any atom is 0.165 e. The average Bonchev–Trinajstić information content (AvgIpc) is 3.81. The quantitative estimate of drug-likeness (QED) is 0.171. The van der Waals surface area contributed by atoms with Crippen molar-refractivity contribution in [3.8, 4) is 56.4 Å². The van der Waals surface area contributed by atoms with Crippen molar-refractivity contribution in [2.75, 3.05) is 0 Å². The minimum atomic E-state index is -0.516. The first kappa shape index (κ1) is 32.4. The number of aromatic nitrogens is 3. The first-order valence-corrected chi connectivity index (χ1v) is 19.8. The van der Waals surface area contributed by atoms with Crippen LogP contribution in [0.1, 0.15) is 22.3 Å². The molecule has 0 saturated carbocycles. The molecule has 0 radical (unpaired) electrons. The van der Waals surface area contributed by atoms with Gasteiger partial charge in [-0.05, 0) is 62.7 Å². The standard InChI is InChI=1S/C52H33N3S/c1-5-17-34(18-6-1)49-53-50(35-19-7-2-8-20-35)55-51(54-49)48-39(31-32-46-47(48)42-26-14-16-28-45(42)56-46)36-29-30-41-40-25-13-15-27-43(40)52(44(41)33-36,37-21-9-3-10-22-37)38-23-11-4-12-24-38/h1-33H. The van der Waals surface area contributed by atoms with Gasteiger partial charge in [-0.3, -0.25) is 0 Å². The summed E-state index contributed by atoms with van der Waals surface area (Å²) in [4.78, 5) is 15.7. The van der Waals surface area contributed by atoms with Crippen LogP contribution in [-0.4, -0.2) is 15.0 Å². The summed E-state index contributed by atoms with van der Waals surface area (Å²) in [5.74, 6) is 1.95. The second kappa shape index (κ2) is 13.1. The fraction of sp³-hybridized carbons (Fsp3) is 0.0192. The molecule has 0 bridgehead atoms. The predicted molar refractivity (Wildman–Crippen MR) is 232 cm³/mol. The van der Waals surface area contributed by atoms with E-state index in [2.05, 4.69) is 164 Å². The summed E-state index contributed by atoms with van der Waals surface area (Å²) in [7, 11) is 0. The van der Waals surface area contributed by atoms with E-state index in [4.69, 9.17) is 15.0 Å². The first-order chi connectivity index (χ1) is 27.8. The van der Waals surface area contributed by atoms with Crippen LogP contribution in [0.15, 0.2) is 200 Å². The second-order valence-electron chi connectivity index (χ2n) is 14.3. The molecule has 0 aliphatic heterocycles. The van der Waals surface area contributed by atoms with Crippen LogP contribution in [-0.2, 0) is 5.41 Å². The number of hydrogen-bond donors (Lipinski definition) is 0. The summed E-state index contributed by atoms with van der Waals surface area (Å²) in [6, 6.07) is 71.7. The Morgan fingerprint density at radius 1 is 0.357 bits per heavy atom. The lowest BCUT2D eigenvalue weighted by atomic mass is 9.67. The van der Waals surface area contributed by atoms with Crippen molar-refractivity contribution in [2.45, 2.75) is 5.41 Å². The highest BCUT2D eigenvalue weighted by Crippen LogP contribution is 2.57. The maximum atomic E-state index is 5.33. The molecule has 2 heterocycles. The van der Waals surface area contributed by atoms with Crippen molar-refractivity contribution in [3.05, 3.63) is 222 Å². The number of hydrogen-bond acceptors (Lipinski definition) is 4. The maximum absolute atomic E-state index is 5.33. The molecule has 0 saturated heterocycles. The van der Waals surface area contributed by atoms with Gasteiger partial charge in [0, 0.05) is 36.9 Å². The molecular formula is C52H33N3S. The lowest BCUT2D eigenvalue weighted by Gasteiger charge is -2.34. The van der Waals surface area contributed by atoms with Crippen LogP contribution < -0.4 is 0 Å². The predicted octanol–water partition coefficient (Wildman–Crippen LogP) is 13.3. The zero-order valence-corrected chi connectivity index (χ0v) is 31.1. The average molecular weight is 732 g/mol. The molecule has 0 unspecified atom stereocenters. The third-order valence-electron chi connectivity index (χ3n) is 11.2. The molecule has 0 atom stereocenters. The van der Waals surface area contributed by atoms with E-state index in [9.17, 15) is 0 Å². The van der Waals surface area contributed by atoms with Gasteiger partial charge < -0.3 is 0 Å². The first-order valence-electron chi connectivity index (χ1n) is 18.9. The molecule has 56 heavy (non-hydrogen) atoms. The fourth-order valence-corrected chi connectivity index (χ4v) is 9.94. The van der Waals surface area contributed by atoms with Crippen LogP contribution in [0.25, 0.3) is 76.6 Å². The Balaban J connectivity index is 1.24. The summed E-state index contributed by atoms with van der Waals surface area (Å²) in [5, 5.41) is 2.36. The topological polar surface area (TPSA) is 38.7 Å². The highest BCUT2D eigenvalue weighted by Gasteiger charge is 2.46. The van der Waals surface area contributed by atoms with Crippen molar-refractivity contribution in [1.29, 1.82) is 0 Å². The van der Waals surface area contributed by atoms with E-state index < -0.39 is 5.41 Å². The molecule has 8 aromatic carbocycles. The van der Waals surface area contributed by atoms with E-state index in [1.807, 2.05) is 47.7 Å². The SMILES string of the molecule is c1ccc(-c2nc(-c3ccccc3)nc(-c3c(-c4ccc5c(c4)C(c4ccccc4)(c4ccccc4)c4ccccc4-5)ccc4sc5ccccc5c34)n2)cc1. The minimum absolute atomic E-state index is 0.516. The molecule has 11 rings (SSSR count). The van der Waals surface area contributed by atoms with Crippen LogP contribution in [0.2, 0.25) is 0 Å². The van der Waals surface area contributed by atoms with Crippen LogP contribution in [0.4, 0.5) is 0 Å². The Morgan fingerprint density at radius 2 is 0.875 bits per heavy atom. The largest absolute Gasteiger partial charge is 0.208 e. The van der Waals surface area contributed by atoms with E-state index in [1.54, 1.807) is 0 Å². The van der Waals surface area contributed by atoms with Gasteiger partial charge in [0.2, 0.25) is 0 Å². The second-order valence-corrected chi connectivity index (χ2v) is 15.4. The summed E-state index contributed by atoms with van der Waals surface area (Å²) >= 11 is 1.81. The van der Waals surface area contributed by atoms with Crippen LogP contribution in [0.3, 0.4) is 0 Å². The van der Waals surface area contributed by atoms with Gasteiger partial charge in [0.25, 0.3) is 0 Å². The van der Waals surface area contributed by atoms with Gasteiger partial charge in [-0.15, -0.1) is 11.3 Å². The van der Waals surface area contributed by atoms with Gasteiger partial charge in [-0.2, -0.15) is 0 Å². The number of thiophene rings is 1. The van der Waals surface area contributed by atoms with Gasteiger partial charge >= 0.3 is 0 Å². The number of fused-ring (bicyclic) bond motifs is 6. The molecule has 0 amide bonds. The molecule has 4 heteroatoms. The molecule has 1 aliphatic carbocycles. The van der Waals surface area contributed by atoms with Crippen molar-refractivity contribution < 1.29 is 0 Å². The molecule has 0 fully saturated rings. The van der Waals surface area contributed by atoms with Gasteiger partial charge in [0.15, 0.2) is 17.5 Å². The summed E-state index contributed by atoms with van der Waals surface area (Å²) in [6.45, 7) is 0. The van der Waals surface area contributed by atoms with Crippen LogP contribution in [0, 0.1) is 0 Å². The molecule has 0 N–H and O–H groups in total. The Bertz CT molecular complexity index is 2970. The monoisotopic (exact) mass is 731 g/mol. The van der Waals surface area contributed by atoms with E-state index in [1.165, 1.54) is 48.2 Å². The lowest BCUT2D eigenvalue weighted by Crippen LogP contribution is -2.28. The molecule has 262 valence electrons. The zero-order chi connectivity index (χ0) is 37.1. The van der Waals surface area contributed by atoms with E-state index in [0.717, 1.165) is 33.2 Å². The Hall–Kier alpha value is -7.01. The molecule has 2 aromatic heterocycles. The summed E-state index contributed by atoms with van der Waals surface area (Å²) in [5.41, 5.74) is 12.1. The molecule has 0 spiro atoms. The fourth-order valence-electron chi connectivity index (χ4n) is 8.82. The van der Waals surface area contributed by atoms with Crippen molar-refractivity contribution in [2.24, 2.45) is 0 Å². The normalized spacial score (nSPS) is 12.8.